The molecule has 0 fully saturated rings. The van der Waals surface area contributed by atoms with Gasteiger partial charge in [-0.15, -0.1) is 11.8 Å². The molecule has 25 heavy (non-hydrogen) atoms. The van der Waals surface area contributed by atoms with E-state index in [-0.39, 0.29) is 16.9 Å². The first kappa shape index (κ1) is 19.3. The molecular weight excluding hydrogens is 368 g/mol. The summed E-state index contributed by atoms with van der Waals surface area (Å²) in [6.07, 6.45) is -5.36. The van der Waals surface area contributed by atoms with E-state index >= 15 is 0 Å². The number of esters is 1. The topological polar surface area (TPSA) is 92.9 Å². The van der Waals surface area contributed by atoms with Crippen LogP contribution in [0.4, 0.5) is 23.2 Å². The van der Waals surface area contributed by atoms with Crippen LogP contribution in [0.25, 0.3) is 0 Å². The minimum Gasteiger partial charge on any atom is -0.506 e. The lowest BCUT2D eigenvalue weighted by Gasteiger charge is -2.28. The molecule has 1 aromatic carbocycles. The summed E-state index contributed by atoms with van der Waals surface area (Å²) < 4.78 is 57.5. The van der Waals surface area contributed by atoms with Gasteiger partial charge in [0.15, 0.2) is 5.82 Å². The van der Waals surface area contributed by atoms with E-state index in [4.69, 9.17) is 5.73 Å². The number of halogens is 4. The number of nitrogens with zero attached hydrogens (tertiary/aromatic N) is 1. The van der Waals surface area contributed by atoms with Crippen molar-refractivity contribution in [2.45, 2.75) is 23.5 Å². The van der Waals surface area contributed by atoms with Crippen LogP contribution >= 0.6 is 11.8 Å². The normalized spacial score (nSPS) is 17.0. The molecule has 1 aromatic rings. The highest BCUT2D eigenvalue weighted by molar-refractivity contribution is 7.99. The van der Waals surface area contributed by atoms with Crippen molar-refractivity contribution in [1.29, 1.82) is 0 Å². The molecule has 1 heterocycles. The van der Waals surface area contributed by atoms with Gasteiger partial charge in [-0.25, -0.2) is 4.39 Å². The number of benzene rings is 1. The highest BCUT2D eigenvalue weighted by Crippen LogP contribution is 2.42. The Morgan fingerprint density at radius 2 is 2.12 bits per heavy atom. The number of amides is 1. The molecule has 1 aliphatic rings. The van der Waals surface area contributed by atoms with Crippen molar-refractivity contribution in [3.8, 4) is 5.75 Å². The van der Waals surface area contributed by atoms with E-state index in [2.05, 4.69) is 4.74 Å². The first-order valence-corrected chi connectivity index (χ1v) is 7.93. The van der Waals surface area contributed by atoms with Gasteiger partial charge in [0.2, 0.25) is 0 Å². The Hall–Kier alpha value is -2.01. The maximum atomic E-state index is 14.8. The fourth-order valence-corrected chi connectivity index (χ4v) is 3.39. The molecule has 0 bridgehead atoms. The van der Waals surface area contributed by atoms with Crippen LogP contribution < -0.4 is 10.6 Å². The Kier molecular flexibility index (Phi) is 5.47. The van der Waals surface area contributed by atoms with Crippen molar-refractivity contribution >= 4 is 29.3 Å². The van der Waals surface area contributed by atoms with Crippen LogP contribution in [0.5, 0.6) is 5.75 Å². The average molecular weight is 382 g/mol. The van der Waals surface area contributed by atoms with Gasteiger partial charge in [0.1, 0.15) is 18.0 Å². The number of hydrogen-bond donors (Lipinski definition) is 2. The number of phenolic OH excluding ortho intramolecular Hbond substituents is 1. The van der Waals surface area contributed by atoms with Gasteiger partial charge >= 0.3 is 18.1 Å². The van der Waals surface area contributed by atoms with Crippen LogP contribution in [0.1, 0.15) is 5.56 Å². The van der Waals surface area contributed by atoms with Crippen LogP contribution in [0.2, 0.25) is 0 Å². The molecule has 0 spiro atoms. The zero-order chi connectivity index (χ0) is 18.9. The van der Waals surface area contributed by atoms with E-state index in [1.165, 1.54) is 0 Å². The van der Waals surface area contributed by atoms with Crippen LogP contribution in [0.3, 0.4) is 0 Å². The molecule has 3 N–H and O–H groups in total. The van der Waals surface area contributed by atoms with Gasteiger partial charge in [0.05, 0.1) is 7.11 Å². The fraction of sp³-hybridized carbons (Fsp3) is 0.429. The molecule has 2 rings (SSSR count). The van der Waals surface area contributed by atoms with Gasteiger partial charge in [-0.3, -0.25) is 14.5 Å². The number of methoxy groups -OCH3 is 1. The smallest absolute Gasteiger partial charge is 0.471 e. The molecular formula is C14H14F4N2O4S. The second kappa shape index (κ2) is 7.08. The Balaban J connectivity index is 2.58. The predicted molar refractivity (Wildman–Crippen MR) is 80.9 cm³/mol. The molecule has 138 valence electrons. The molecule has 0 saturated heterocycles. The van der Waals surface area contributed by atoms with Gasteiger partial charge in [-0.1, -0.05) is 0 Å². The van der Waals surface area contributed by atoms with Crippen LogP contribution in [0.15, 0.2) is 11.0 Å². The number of carbonyl (C=O) groups excluding carboxylic acids is 2. The van der Waals surface area contributed by atoms with Crippen LogP contribution in [0, 0.1) is 5.82 Å². The molecule has 1 aliphatic heterocycles. The highest BCUT2D eigenvalue weighted by atomic mass is 32.2. The van der Waals surface area contributed by atoms with Gasteiger partial charge < -0.3 is 15.6 Å². The van der Waals surface area contributed by atoms with E-state index in [0.29, 0.717) is 10.6 Å². The largest absolute Gasteiger partial charge is 0.506 e. The summed E-state index contributed by atoms with van der Waals surface area (Å²) in [5.74, 6) is -5.38. The zero-order valence-corrected chi connectivity index (χ0v) is 13.7. The predicted octanol–water partition coefficient (Wildman–Crippen LogP) is 1.58. The molecule has 0 aliphatic carbocycles. The van der Waals surface area contributed by atoms with Crippen molar-refractivity contribution in [3.63, 3.8) is 0 Å². The fourth-order valence-electron chi connectivity index (χ4n) is 2.34. The van der Waals surface area contributed by atoms with Gasteiger partial charge in [0.25, 0.3) is 0 Å². The number of anilines is 1. The van der Waals surface area contributed by atoms with E-state index in [1.807, 2.05) is 0 Å². The van der Waals surface area contributed by atoms with Crippen LogP contribution in [-0.2, 0) is 20.7 Å². The molecule has 1 amide bonds. The minimum atomic E-state index is -5.38. The number of hydrogen-bond acceptors (Lipinski definition) is 6. The Bertz CT molecular complexity index is 711. The van der Waals surface area contributed by atoms with Crippen LogP contribution in [-0.4, -0.2) is 48.6 Å². The first-order chi connectivity index (χ1) is 11.6. The Morgan fingerprint density at radius 1 is 1.48 bits per heavy atom. The number of alkyl halides is 3. The number of fused-ring (bicyclic) bond motifs is 1. The Labute approximate surface area is 143 Å². The second-order valence-electron chi connectivity index (χ2n) is 5.28. The Morgan fingerprint density at radius 3 is 2.68 bits per heavy atom. The summed E-state index contributed by atoms with van der Waals surface area (Å²) in [7, 11) is 0.900. The number of ether oxygens (including phenoxy) is 1. The molecule has 0 saturated carbocycles. The summed E-state index contributed by atoms with van der Waals surface area (Å²) in [5, 5.41) is 9.99. The number of phenols is 1. The van der Waals surface area contributed by atoms with Crippen molar-refractivity contribution < 1.29 is 37.0 Å². The lowest BCUT2D eigenvalue weighted by atomic mass is 10.0. The maximum Gasteiger partial charge on any atom is 0.471 e. The first-order valence-electron chi connectivity index (χ1n) is 6.94. The monoisotopic (exact) mass is 382 g/mol. The summed E-state index contributed by atoms with van der Waals surface area (Å²) >= 11 is 1.14. The molecule has 0 aromatic heterocycles. The number of rotatable bonds is 3. The van der Waals surface area contributed by atoms with E-state index in [1.54, 1.807) is 0 Å². The second-order valence-corrected chi connectivity index (χ2v) is 6.34. The number of thioether (sulfide) groups is 1. The minimum absolute atomic E-state index is 0.0126. The van der Waals surface area contributed by atoms with Crippen molar-refractivity contribution in [1.82, 2.24) is 0 Å². The molecule has 6 nitrogen and oxygen atoms in total. The lowest BCUT2D eigenvalue weighted by molar-refractivity contribution is -0.171. The average Bonchev–Trinajstić information content (AvgIpc) is 2.53. The summed E-state index contributed by atoms with van der Waals surface area (Å²) in [6, 6.07) is 0.620. The van der Waals surface area contributed by atoms with Crippen molar-refractivity contribution in [3.05, 3.63) is 17.4 Å². The number of aromatic hydroxyl groups is 1. The summed E-state index contributed by atoms with van der Waals surface area (Å²) in [6.45, 7) is -1.21. The number of carbonyl (C=O) groups is 2. The van der Waals surface area contributed by atoms with Crippen molar-refractivity contribution in [2.24, 2.45) is 5.73 Å². The molecule has 11 heteroatoms. The molecule has 0 radical (unpaired) electrons. The van der Waals surface area contributed by atoms with Gasteiger partial charge in [0, 0.05) is 22.3 Å². The number of nitrogens with two attached hydrogens (primary N) is 1. The summed E-state index contributed by atoms with van der Waals surface area (Å²) in [5.41, 5.74) is 4.69. The molecule has 1 atom stereocenters. The standard InChI is InChI=1S/C14H14F4N2O4S/c1-24-10(22)4-20(13(23)14(16,17)18)12-8(21)3-9-7(11(12)15)2-6(19)5-25-9/h3,6,21H,2,4-5,19H2,1H3/t6-/m0/s1. The highest BCUT2D eigenvalue weighted by Gasteiger charge is 2.45. The van der Waals surface area contributed by atoms with E-state index in [9.17, 15) is 32.3 Å². The van der Waals surface area contributed by atoms with Gasteiger partial charge in [-0.05, 0) is 12.5 Å². The maximum absolute atomic E-state index is 14.8. The lowest BCUT2D eigenvalue weighted by Crippen LogP contribution is -2.45. The SMILES string of the molecule is COC(=O)CN(C(=O)C(F)(F)F)c1c(O)cc2c(c1F)C[C@H](N)CS2. The third-order valence-electron chi connectivity index (χ3n) is 3.47. The van der Waals surface area contributed by atoms with E-state index < -0.39 is 47.9 Å². The quantitative estimate of drug-likeness (QED) is 0.609. The third-order valence-corrected chi connectivity index (χ3v) is 4.74. The van der Waals surface area contributed by atoms with Gasteiger partial charge in [-0.2, -0.15) is 13.2 Å². The third kappa shape index (κ3) is 3.98. The van der Waals surface area contributed by atoms with E-state index in [0.717, 1.165) is 24.9 Å². The summed E-state index contributed by atoms with van der Waals surface area (Å²) in [4.78, 5) is 23.2. The van der Waals surface area contributed by atoms with Crippen molar-refractivity contribution in [2.75, 3.05) is 24.3 Å². The zero-order valence-electron chi connectivity index (χ0n) is 12.9. The molecule has 0 unspecified atom stereocenters.